The first-order chi connectivity index (χ1) is 8.65. The minimum Gasteiger partial charge on any atom is -0.481 e. The predicted molar refractivity (Wildman–Crippen MR) is 66.4 cm³/mol. The molecule has 2 aromatic rings. The number of hydrogen-bond donors (Lipinski definition) is 2. The third-order valence-electron chi connectivity index (χ3n) is 3.32. The van der Waals surface area contributed by atoms with Gasteiger partial charge in [-0.1, -0.05) is 0 Å². The number of carboxylic acid groups (broad SMARTS) is 1. The van der Waals surface area contributed by atoms with Crippen LogP contribution in [0.25, 0.3) is 10.9 Å². The fourth-order valence-corrected chi connectivity index (χ4v) is 2.33. The number of carbonyl (C=O) groups is 2. The number of nitrogens with one attached hydrogen (secondary N) is 1. The maximum Gasteiger partial charge on any atom is 0.308 e. The number of aromatic nitrogens is 1. The first-order valence-corrected chi connectivity index (χ1v) is 5.75. The molecule has 0 spiro atoms. The lowest BCUT2D eigenvalue weighted by Crippen LogP contribution is -2.25. The van der Waals surface area contributed by atoms with Gasteiger partial charge < -0.3 is 15.0 Å². The lowest BCUT2D eigenvalue weighted by atomic mass is 10.1. The molecule has 1 aliphatic rings. The van der Waals surface area contributed by atoms with E-state index >= 15 is 0 Å². The molecular weight excluding hydrogens is 232 g/mol. The van der Waals surface area contributed by atoms with Gasteiger partial charge in [0, 0.05) is 35.8 Å². The zero-order valence-electron chi connectivity index (χ0n) is 9.59. The first kappa shape index (κ1) is 10.8. The van der Waals surface area contributed by atoms with E-state index in [2.05, 4.69) is 4.98 Å². The number of carbonyl (C=O) groups excluding carboxylic acids is 1. The van der Waals surface area contributed by atoms with Gasteiger partial charge in [0.2, 0.25) is 5.91 Å². The van der Waals surface area contributed by atoms with Crippen molar-refractivity contribution >= 4 is 28.5 Å². The second-order valence-corrected chi connectivity index (χ2v) is 4.49. The van der Waals surface area contributed by atoms with Gasteiger partial charge in [0.05, 0.1) is 5.92 Å². The van der Waals surface area contributed by atoms with Crippen molar-refractivity contribution in [2.24, 2.45) is 5.92 Å². The minimum atomic E-state index is -0.909. The van der Waals surface area contributed by atoms with Crippen LogP contribution in [0.1, 0.15) is 6.42 Å². The molecule has 0 saturated carbocycles. The van der Waals surface area contributed by atoms with E-state index in [0.717, 1.165) is 16.6 Å². The average molecular weight is 244 g/mol. The Balaban J connectivity index is 1.94. The summed E-state index contributed by atoms with van der Waals surface area (Å²) in [6.45, 7) is 0.254. The minimum absolute atomic E-state index is 0.0838. The fraction of sp³-hybridized carbons (Fsp3) is 0.231. The van der Waals surface area contributed by atoms with Crippen molar-refractivity contribution < 1.29 is 14.7 Å². The van der Waals surface area contributed by atoms with Crippen molar-refractivity contribution in [1.82, 2.24) is 4.98 Å². The van der Waals surface area contributed by atoms with E-state index in [0.29, 0.717) is 0 Å². The van der Waals surface area contributed by atoms with Crippen molar-refractivity contribution in [2.75, 3.05) is 11.4 Å². The zero-order chi connectivity index (χ0) is 12.7. The summed E-state index contributed by atoms with van der Waals surface area (Å²) < 4.78 is 0. The van der Waals surface area contributed by atoms with Crippen LogP contribution < -0.4 is 4.90 Å². The molecule has 2 N–H and O–H groups in total. The third-order valence-corrected chi connectivity index (χ3v) is 3.32. The third kappa shape index (κ3) is 1.64. The van der Waals surface area contributed by atoms with E-state index in [-0.39, 0.29) is 18.9 Å². The van der Waals surface area contributed by atoms with Gasteiger partial charge in [-0.2, -0.15) is 0 Å². The van der Waals surface area contributed by atoms with Gasteiger partial charge in [0.15, 0.2) is 0 Å². The number of nitrogens with zero attached hydrogens (tertiary/aromatic N) is 1. The Kier molecular flexibility index (Phi) is 2.33. The molecule has 18 heavy (non-hydrogen) atoms. The van der Waals surface area contributed by atoms with E-state index < -0.39 is 11.9 Å². The van der Waals surface area contributed by atoms with Crippen LogP contribution in [0.3, 0.4) is 0 Å². The van der Waals surface area contributed by atoms with Crippen LogP contribution in [-0.2, 0) is 9.59 Å². The summed E-state index contributed by atoms with van der Waals surface area (Å²) in [6, 6.07) is 7.55. The van der Waals surface area contributed by atoms with Crippen LogP contribution in [0.4, 0.5) is 5.69 Å². The van der Waals surface area contributed by atoms with Gasteiger partial charge in [-0.3, -0.25) is 9.59 Å². The number of anilines is 1. The van der Waals surface area contributed by atoms with Crippen molar-refractivity contribution in [3.8, 4) is 0 Å². The van der Waals surface area contributed by atoms with E-state index in [9.17, 15) is 9.59 Å². The highest BCUT2D eigenvalue weighted by molar-refractivity contribution is 6.00. The van der Waals surface area contributed by atoms with Gasteiger partial charge in [-0.25, -0.2) is 0 Å². The summed E-state index contributed by atoms with van der Waals surface area (Å²) >= 11 is 0. The number of H-pyrrole nitrogens is 1. The molecule has 2 heterocycles. The molecule has 5 heteroatoms. The van der Waals surface area contributed by atoms with Gasteiger partial charge in [0.1, 0.15) is 0 Å². The molecule has 1 aliphatic heterocycles. The lowest BCUT2D eigenvalue weighted by molar-refractivity contribution is -0.141. The highest BCUT2D eigenvalue weighted by Crippen LogP contribution is 2.27. The Morgan fingerprint density at radius 3 is 2.94 bits per heavy atom. The van der Waals surface area contributed by atoms with E-state index in [1.807, 2.05) is 30.5 Å². The maximum absolute atomic E-state index is 11.8. The summed E-state index contributed by atoms with van der Waals surface area (Å²) in [5.74, 6) is -1.63. The van der Waals surface area contributed by atoms with Crippen molar-refractivity contribution in [3.05, 3.63) is 30.5 Å². The summed E-state index contributed by atoms with van der Waals surface area (Å²) in [4.78, 5) is 27.4. The molecule has 1 aromatic carbocycles. The van der Waals surface area contributed by atoms with E-state index in [1.54, 1.807) is 4.90 Å². The van der Waals surface area contributed by atoms with Crippen LogP contribution in [0, 0.1) is 5.92 Å². The predicted octanol–water partition coefficient (Wildman–Crippen LogP) is 1.61. The number of fused-ring (bicyclic) bond motifs is 1. The Hall–Kier alpha value is -2.30. The number of aliphatic carboxylic acids is 1. The molecule has 1 saturated heterocycles. The quantitative estimate of drug-likeness (QED) is 0.842. The smallest absolute Gasteiger partial charge is 0.308 e. The highest BCUT2D eigenvalue weighted by Gasteiger charge is 2.35. The zero-order valence-corrected chi connectivity index (χ0v) is 9.59. The van der Waals surface area contributed by atoms with Crippen molar-refractivity contribution in [3.63, 3.8) is 0 Å². The standard InChI is InChI=1S/C13H12N2O3/c16-12-6-9(13(17)18)7-15(12)10-1-2-11-8(5-10)3-4-14-11/h1-5,9,14H,6-7H2,(H,17,18). The van der Waals surface area contributed by atoms with Crippen LogP contribution in [-0.4, -0.2) is 28.5 Å². The number of aromatic amines is 1. The summed E-state index contributed by atoms with van der Waals surface area (Å²) in [6.07, 6.45) is 1.92. The first-order valence-electron chi connectivity index (χ1n) is 5.75. The molecule has 92 valence electrons. The fourth-order valence-electron chi connectivity index (χ4n) is 2.33. The van der Waals surface area contributed by atoms with Gasteiger partial charge >= 0.3 is 5.97 Å². The highest BCUT2D eigenvalue weighted by atomic mass is 16.4. The molecule has 5 nitrogen and oxygen atoms in total. The number of hydrogen-bond acceptors (Lipinski definition) is 2. The van der Waals surface area contributed by atoms with Gasteiger partial charge in [0.25, 0.3) is 0 Å². The van der Waals surface area contributed by atoms with Crippen LogP contribution >= 0.6 is 0 Å². The van der Waals surface area contributed by atoms with Crippen molar-refractivity contribution in [1.29, 1.82) is 0 Å². The van der Waals surface area contributed by atoms with E-state index in [1.165, 1.54) is 0 Å². The maximum atomic E-state index is 11.8. The monoisotopic (exact) mass is 244 g/mol. The molecule has 1 aromatic heterocycles. The molecule has 1 atom stereocenters. The summed E-state index contributed by atoms with van der Waals surface area (Å²) in [7, 11) is 0. The van der Waals surface area contributed by atoms with Crippen LogP contribution in [0.2, 0.25) is 0 Å². The molecule has 0 radical (unpaired) electrons. The normalized spacial score (nSPS) is 19.7. The molecule has 0 bridgehead atoms. The number of benzene rings is 1. The Labute approximate surface area is 103 Å². The number of amides is 1. The van der Waals surface area contributed by atoms with Gasteiger partial charge in [-0.05, 0) is 24.3 Å². The summed E-state index contributed by atoms with van der Waals surface area (Å²) in [5, 5.41) is 9.96. The Bertz CT molecular complexity index is 632. The molecule has 0 aliphatic carbocycles. The topological polar surface area (TPSA) is 73.4 Å². The van der Waals surface area contributed by atoms with E-state index in [4.69, 9.17) is 5.11 Å². The molecule has 3 rings (SSSR count). The molecule has 1 amide bonds. The van der Waals surface area contributed by atoms with Crippen molar-refractivity contribution in [2.45, 2.75) is 6.42 Å². The Morgan fingerprint density at radius 1 is 1.39 bits per heavy atom. The van der Waals surface area contributed by atoms with Crippen LogP contribution in [0.15, 0.2) is 30.5 Å². The summed E-state index contributed by atoms with van der Waals surface area (Å²) in [5.41, 5.74) is 1.76. The van der Waals surface area contributed by atoms with Gasteiger partial charge in [-0.15, -0.1) is 0 Å². The second kappa shape index (κ2) is 3.87. The largest absolute Gasteiger partial charge is 0.481 e. The Morgan fingerprint density at radius 2 is 2.22 bits per heavy atom. The lowest BCUT2D eigenvalue weighted by Gasteiger charge is -2.16. The SMILES string of the molecule is O=C(O)C1CC(=O)N(c2ccc3[nH]ccc3c2)C1. The molecular formula is C13H12N2O3. The average Bonchev–Trinajstić information content (AvgIpc) is 2.93. The number of carboxylic acids is 1. The number of rotatable bonds is 2. The second-order valence-electron chi connectivity index (χ2n) is 4.49. The molecule has 1 unspecified atom stereocenters. The molecule has 1 fully saturated rings. The van der Waals surface area contributed by atoms with Crippen LogP contribution in [0.5, 0.6) is 0 Å².